The molecule has 28 heavy (non-hydrogen) atoms. The first-order valence-corrected chi connectivity index (χ1v) is 9.94. The molecule has 1 aliphatic rings. The van der Waals surface area contributed by atoms with E-state index in [0.29, 0.717) is 12.3 Å². The molecule has 0 spiro atoms. The zero-order valence-electron chi connectivity index (χ0n) is 18.1. The highest BCUT2D eigenvalue weighted by atomic mass is 16.6. The summed E-state index contributed by atoms with van der Waals surface area (Å²) in [5, 5.41) is 16.5. The number of carbonyl (C=O) groups excluding carboxylic acids is 3. The largest absolute Gasteiger partial charge is 0.467 e. The van der Waals surface area contributed by atoms with Crippen molar-refractivity contribution in [2.75, 3.05) is 7.11 Å². The second kappa shape index (κ2) is 9.58. The van der Waals surface area contributed by atoms with E-state index in [1.807, 2.05) is 0 Å². The summed E-state index contributed by atoms with van der Waals surface area (Å²) >= 11 is 0. The number of hydrogen-bond donors (Lipinski definition) is 3. The topological polar surface area (TPSA) is 114 Å². The molecule has 8 heteroatoms. The first-order valence-electron chi connectivity index (χ1n) is 9.94. The third-order valence-corrected chi connectivity index (χ3v) is 5.38. The third-order valence-electron chi connectivity index (χ3n) is 5.38. The maximum Gasteiger partial charge on any atom is 0.407 e. The number of esters is 1. The van der Waals surface area contributed by atoms with Crippen molar-refractivity contribution < 1.29 is 29.0 Å². The van der Waals surface area contributed by atoms with Gasteiger partial charge in [0, 0.05) is 25.3 Å². The quantitative estimate of drug-likeness (QED) is 0.564. The molecule has 0 aromatic rings. The summed E-state index contributed by atoms with van der Waals surface area (Å²) in [6, 6.07) is -0.545. The summed E-state index contributed by atoms with van der Waals surface area (Å²) < 4.78 is 10.2. The highest BCUT2D eigenvalue weighted by molar-refractivity contribution is 5.88. The highest BCUT2D eigenvalue weighted by Gasteiger charge is 2.59. The van der Waals surface area contributed by atoms with Crippen LogP contribution in [0.4, 0.5) is 4.79 Å². The summed E-state index contributed by atoms with van der Waals surface area (Å²) in [4.78, 5) is 36.7. The minimum Gasteiger partial charge on any atom is -0.467 e. The number of hydrogen-bond acceptors (Lipinski definition) is 6. The molecule has 0 heterocycles. The Kier molecular flexibility index (Phi) is 8.29. The second-order valence-electron chi connectivity index (χ2n) is 8.63. The fraction of sp³-hybridized carbons (Fsp3) is 0.850. The summed E-state index contributed by atoms with van der Waals surface area (Å²) in [6.07, 6.45) is 0.637. The Morgan fingerprint density at radius 2 is 1.79 bits per heavy atom. The molecule has 1 rings (SSSR count). The van der Waals surface area contributed by atoms with E-state index < -0.39 is 47.2 Å². The SMILES string of the molecule is CCC(CC)CC1C(NC(=O)OC(C)(C)C)CC(NC(C)=O)(C(=O)OC)C1O. The number of aliphatic hydroxyl groups is 1. The van der Waals surface area contributed by atoms with Crippen molar-refractivity contribution >= 4 is 18.0 Å². The normalized spacial score (nSPS) is 27.4. The fourth-order valence-corrected chi connectivity index (χ4v) is 4.00. The highest BCUT2D eigenvalue weighted by Crippen LogP contribution is 2.41. The summed E-state index contributed by atoms with van der Waals surface area (Å²) in [5.74, 6) is -1.29. The van der Waals surface area contributed by atoms with E-state index in [-0.39, 0.29) is 6.42 Å². The molecule has 1 aliphatic carbocycles. The van der Waals surface area contributed by atoms with Crippen LogP contribution in [0.2, 0.25) is 0 Å². The zero-order chi connectivity index (χ0) is 21.7. The van der Waals surface area contributed by atoms with Gasteiger partial charge in [0.1, 0.15) is 5.60 Å². The minimum absolute atomic E-state index is 0.0322. The van der Waals surface area contributed by atoms with Crippen LogP contribution in [0.15, 0.2) is 0 Å². The summed E-state index contributed by atoms with van der Waals surface area (Å²) in [5.41, 5.74) is -2.28. The molecule has 0 aromatic carbocycles. The van der Waals surface area contributed by atoms with Gasteiger partial charge in [-0.25, -0.2) is 9.59 Å². The lowest BCUT2D eigenvalue weighted by Crippen LogP contribution is -2.60. The van der Waals surface area contributed by atoms with Gasteiger partial charge in [0.25, 0.3) is 0 Å². The van der Waals surface area contributed by atoms with Gasteiger partial charge in [0.2, 0.25) is 5.91 Å². The van der Waals surface area contributed by atoms with Crippen molar-refractivity contribution in [1.29, 1.82) is 0 Å². The molecule has 0 aliphatic heterocycles. The lowest BCUT2D eigenvalue weighted by molar-refractivity contribution is -0.156. The van der Waals surface area contributed by atoms with Crippen molar-refractivity contribution in [3.8, 4) is 0 Å². The molecule has 4 unspecified atom stereocenters. The van der Waals surface area contributed by atoms with Gasteiger partial charge in [0.05, 0.1) is 13.2 Å². The van der Waals surface area contributed by atoms with Gasteiger partial charge in [0.15, 0.2) is 5.54 Å². The maximum absolute atomic E-state index is 12.6. The lowest BCUT2D eigenvalue weighted by atomic mass is 9.84. The van der Waals surface area contributed by atoms with E-state index in [9.17, 15) is 19.5 Å². The molecule has 0 radical (unpaired) electrons. The van der Waals surface area contributed by atoms with Crippen LogP contribution in [0.5, 0.6) is 0 Å². The van der Waals surface area contributed by atoms with Gasteiger partial charge in [-0.15, -0.1) is 0 Å². The molecule has 0 saturated heterocycles. The standard InChI is InChI=1S/C20H36N2O6/c1-8-13(9-2)10-14-15(21-18(26)28-19(4,5)6)11-20(16(14)24,17(25)27-7)22-12(3)23/h13-16,24H,8-11H2,1-7H3,(H,21,26)(H,22,23). The van der Waals surface area contributed by atoms with Gasteiger partial charge < -0.3 is 25.2 Å². The molecule has 4 atom stereocenters. The molecule has 8 nitrogen and oxygen atoms in total. The Morgan fingerprint density at radius 1 is 1.21 bits per heavy atom. The van der Waals surface area contributed by atoms with Crippen molar-refractivity contribution in [1.82, 2.24) is 10.6 Å². The number of ether oxygens (including phenoxy) is 2. The van der Waals surface area contributed by atoms with Crippen molar-refractivity contribution in [3.05, 3.63) is 0 Å². The Balaban J connectivity index is 3.22. The van der Waals surface area contributed by atoms with Gasteiger partial charge >= 0.3 is 12.1 Å². The van der Waals surface area contributed by atoms with E-state index in [1.165, 1.54) is 14.0 Å². The van der Waals surface area contributed by atoms with E-state index in [2.05, 4.69) is 24.5 Å². The molecule has 0 aromatic heterocycles. The van der Waals surface area contributed by atoms with Crippen LogP contribution >= 0.6 is 0 Å². The first-order chi connectivity index (χ1) is 12.9. The van der Waals surface area contributed by atoms with Gasteiger partial charge in [-0.1, -0.05) is 26.7 Å². The van der Waals surface area contributed by atoms with Crippen LogP contribution in [-0.2, 0) is 19.1 Å². The minimum atomic E-state index is -1.60. The average Bonchev–Trinajstić information content (AvgIpc) is 2.82. The predicted octanol–water partition coefficient (Wildman–Crippen LogP) is 2.13. The number of methoxy groups -OCH3 is 1. The van der Waals surface area contributed by atoms with Gasteiger partial charge in [-0.3, -0.25) is 4.79 Å². The van der Waals surface area contributed by atoms with Crippen molar-refractivity contribution in [2.24, 2.45) is 11.8 Å². The Bertz CT molecular complexity index is 570. The van der Waals surface area contributed by atoms with Crippen LogP contribution in [0, 0.1) is 11.8 Å². The number of aliphatic hydroxyl groups excluding tert-OH is 1. The average molecular weight is 401 g/mol. The maximum atomic E-state index is 12.6. The van der Waals surface area contributed by atoms with E-state index in [0.717, 1.165) is 12.8 Å². The number of alkyl carbamates (subject to hydrolysis) is 1. The second-order valence-corrected chi connectivity index (χ2v) is 8.63. The van der Waals surface area contributed by atoms with Gasteiger partial charge in [-0.05, 0) is 33.1 Å². The molecule has 2 amide bonds. The van der Waals surface area contributed by atoms with Crippen LogP contribution in [0.3, 0.4) is 0 Å². The van der Waals surface area contributed by atoms with Crippen molar-refractivity contribution in [2.45, 2.75) is 90.5 Å². The molecule has 0 bridgehead atoms. The monoisotopic (exact) mass is 400 g/mol. The Labute approximate surface area is 167 Å². The van der Waals surface area contributed by atoms with E-state index in [1.54, 1.807) is 20.8 Å². The van der Waals surface area contributed by atoms with Gasteiger partial charge in [-0.2, -0.15) is 0 Å². The Hall–Kier alpha value is -1.83. The molecule has 162 valence electrons. The smallest absolute Gasteiger partial charge is 0.407 e. The van der Waals surface area contributed by atoms with Crippen LogP contribution in [0.1, 0.15) is 67.2 Å². The molecular weight excluding hydrogens is 364 g/mol. The third kappa shape index (κ3) is 5.83. The predicted molar refractivity (Wildman–Crippen MR) is 105 cm³/mol. The molecular formula is C20H36N2O6. The molecule has 1 saturated carbocycles. The Morgan fingerprint density at radius 3 is 2.21 bits per heavy atom. The molecule has 3 N–H and O–H groups in total. The number of nitrogens with one attached hydrogen (secondary N) is 2. The van der Waals surface area contributed by atoms with Crippen LogP contribution in [0.25, 0.3) is 0 Å². The van der Waals surface area contributed by atoms with Crippen molar-refractivity contribution in [3.63, 3.8) is 0 Å². The number of rotatable bonds is 7. The van der Waals surface area contributed by atoms with Crippen LogP contribution < -0.4 is 10.6 Å². The number of carbonyl (C=O) groups is 3. The van der Waals surface area contributed by atoms with E-state index in [4.69, 9.17) is 9.47 Å². The lowest BCUT2D eigenvalue weighted by Gasteiger charge is -2.32. The summed E-state index contributed by atoms with van der Waals surface area (Å²) in [6.45, 7) is 10.7. The number of amides is 2. The molecule has 1 fully saturated rings. The zero-order valence-corrected chi connectivity index (χ0v) is 18.1. The summed E-state index contributed by atoms with van der Waals surface area (Å²) in [7, 11) is 1.21. The first kappa shape index (κ1) is 24.2. The van der Waals surface area contributed by atoms with Crippen LogP contribution in [-0.4, -0.2) is 53.5 Å². The van der Waals surface area contributed by atoms with E-state index >= 15 is 0 Å². The fourth-order valence-electron chi connectivity index (χ4n) is 4.00.